The summed E-state index contributed by atoms with van der Waals surface area (Å²) < 4.78 is 5.20. The lowest BCUT2D eigenvalue weighted by Crippen LogP contribution is -2.41. The third kappa shape index (κ3) is 4.04. The van der Waals surface area contributed by atoms with Crippen LogP contribution < -0.4 is 10.2 Å². The number of benzene rings is 4. The molecule has 1 heterocycles. The average Bonchev–Trinajstić information content (AvgIpc) is 3.30. The van der Waals surface area contributed by atoms with Crippen molar-refractivity contribution in [2.45, 2.75) is 25.2 Å². The van der Waals surface area contributed by atoms with Crippen LogP contribution in [0.5, 0.6) is 0 Å². The van der Waals surface area contributed by atoms with Crippen LogP contribution in [0.1, 0.15) is 56.9 Å². The molecule has 3 aliphatic carbocycles. The zero-order valence-corrected chi connectivity index (χ0v) is 22.9. The molecule has 2 bridgehead atoms. The van der Waals surface area contributed by atoms with E-state index in [4.69, 9.17) is 4.74 Å². The summed E-state index contributed by atoms with van der Waals surface area (Å²) in [5, 5.41) is 2.71. The van der Waals surface area contributed by atoms with Crippen molar-refractivity contribution in [1.82, 2.24) is 0 Å². The molecule has 1 fully saturated rings. The molecule has 2 atom stereocenters. The number of imide groups is 1. The Bertz CT molecular complexity index is 1630. The smallest absolute Gasteiger partial charge is 0.338 e. The second-order valence-corrected chi connectivity index (χ2v) is 11.0. The summed E-state index contributed by atoms with van der Waals surface area (Å²) in [5.41, 5.74) is 6.87. The van der Waals surface area contributed by atoms with Crippen LogP contribution in [0.25, 0.3) is 0 Å². The number of carbonyl (C=O) groups is 4. The number of nitrogens with one attached hydrogen (secondary N) is 1. The quantitative estimate of drug-likeness (QED) is 0.252. The SMILES string of the molecule is CCc1ccc(NC(=O)COC(=O)c2ccc(N3C(=O)[C@@H]4C5c6ccccc6C(c6ccccc65)[C@@H]4C3=O)cc2)cc1. The fourth-order valence-electron chi connectivity index (χ4n) is 6.91. The summed E-state index contributed by atoms with van der Waals surface area (Å²) in [6.07, 6.45) is 0.898. The van der Waals surface area contributed by atoms with Crippen molar-refractivity contribution in [1.29, 1.82) is 0 Å². The van der Waals surface area contributed by atoms with E-state index < -0.39 is 30.3 Å². The lowest BCUT2D eigenvalue weighted by atomic mass is 9.55. The molecule has 4 aromatic carbocycles. The van der Waals surface area contributed by atoms with Crippen LogP contribution in [0.4, 0.5) is 11.4 Å². The van der Waals surface area contributed by atoms with Gasteiger partial charge in [0, 0.05) is 17.5 Å². The van der Waals surface area contributed by atoms with Crippen molar-refractivity contribution < 1.29 is 23.9 Å². The number of rotatable bonds is 6. The Hall–Kier alpha value is -5.04. The largest absolute Gasteiger partial charge is 0.452 e. The maximum Gasteiger partial charge on any atom is 0.338 e. The van der Waals surface area contributed by atoms with Gasteiger partial charge in [-0.05, 0) is 70.6 Å². The first-order chi connectivity index (χ1) is 20.5. The van der Waals surface area contributed by atoms with E-state index in [1.165, 1.54) is 17.0 Å². The van der Waals surface area contributed by atoms with Crippen LogP contribution in [0.2, 0.25) is 0 Å². The normalized spacial score (nSPS) is 21.4. The van der Waals surface area contributed by atoms with Crippen LogP contribution in [0.3, 0.4) is 0 Å². The average molecular weight is 557 g/mol. The summed E-state index contributed by atoms with van der Waals surface area (Å²) in [6.45, 7) is 1.61. The molecule has 0 radical (unpaired) electrons. The Kier molecular flexibility index (Phi) is 6.23. The van der Waals surface area contributed by atoms with Gasteiger partial charge in [-0.2, -0.15) is 0 Å². The minimum atomic E-state index is -0.672. The molecule has 4 aromatic rings. The van der Waals surface area contributed by atoms with Gasteiger partial charge in [-0.15, -0.1) is 0 Å². The highest BCUT2D eigenvalue weighted by Gasteiger charge is 2.61. The Balaban J connectivity index is 1.07. The molecular formula is C35H28N2O5. The molecule has 1 N–H and O–H groups in total. The maximum absolute atomic E-state index is 13.9. The number of hydrogen-bond donors (Lipinski definition) is 1. The summed E-state index contributed by atoms with van der Waals surface area (Å²) in [4.78, 5) is 54.0. The van der Waals surface area contributed by atoms with E-state index in [0.29, 0.717) is 11.4 Å². The van der Waals surface area contributed by atoms with Gasteiger partial charge in [0.2, 0.25) is 11.8 Å². The van der Waals surface area contributed by atoms with Crippen LogP contribution >= 0.6 is 0 Å². The summed E-state index contributed by atoms with van der Waals surface area (Å²) in [5.74, 6) is -2.88. The summed E-state index contributed by atoms with van der Waals surface area (Å²) in [6, 6.07) is 29.9. The molecule has 1 aliphatic heterocycles. The lowest BCUT2D eigenvalue weighted by molar-refractivity contribution is -0.122. The highest BCUT2D eigenvalue weighted by Crippen LogP contribution is 2.61. The monoisotopic (exact) mass is 556 g/mol. The number of amides is 3. The van der Waals surface area contributed by atoms with E-state index in [1.54, 1.807) is 24.3 Å². The minimum Gasteiger partial charge on any atom is -0.452 e. The number of esters is 1. The van der Waals surface area contributed by atoms with Gasteiger partial charge < -0.3 is 10.1 Å². The Morgan fingerprint density at radius 2 is 1.21 bits per heavy atom. The fraction of sp³-hybridized carbons (Fsp3) is 0.200. The second-order valence-electron chi connectivity index (χ2n) is 11.0. The number of aryl methyl sites for hydroxylation is 1. The van der Waals surface area contributed by atoms with Gasteiger partial charge in [0.25, 0.3) is 5.91 Å². The standard InChI is InChI=1S/C35H28N2O5/c1-2-20-11-15-22(16-12-20)36-28(38)19-42-35(41)21-13-17-23(18-14-21)37-33(39)31-29-24-7-3-4-8-25(24)30(32(31)34(37)40)27-10-6-5-9-26(27)29/h3-18,29-32H,2,19H2,1H3,(H,36,38)/t29?,30?,31-,32+. The minimum absolute atomic E-state index is 0.182. The molecule has 0 unspecified atom stereocenters. The Morgan fingerprint density at radius 1 is 0.714 bits per heavy atom. The number of ether oxygens (including phenoxy) is 1. The van der Waals surface area contributed by atoms with E-state index in [0.717, 1.165) is 34.2 Å². The van der Waals surface area contributed by atoms with Crippen molar-refractivity contribution in [2.75, 3.05) is 16.8 Å². The number of carbonyl (C=O) groups excluding carboxylic acids is 4. The van der Waals surface area contributed by atoms with Crippen molar-refractivity contribution in [2.24, 2.45) is 11.8 Å². The van der Waals surface area contributed by atoms with E-state index in [9.17, 15) is 19.2 Å². The first-order valence-corrected chi connectivity index (χ1v) is 14.2. The predicted octanol–water partition coefficient (Wildman–Crippen LogP) is 5.44. The highest BCUT2D eigenvalue weighted by atomic mass is 16.5. The molecule has 42 heavy (non-hydrogen) atoms. The highest BCUT2D eigenvalue weighted by molar-refractivity contribution is 6.23. The molecule has 0 saturated carbocycles. The predicted molar refractivity (Wildman–Crippen MR) is 157 cm³/mol. The first kappa shape index (κ1) is 25.9. The van der Waals surface area contributed by atoms with E-state index in [2.05, 4.69) is 36.5 Å². The zero-order chi connectivity index (χ0) is 29.0. The van der Waals surface area contributed by atoms with Crippen LogP contribution in [0, 0.1) is 11.8 Å². The molecule has 7 heteroatoms. The number of hydrogen-bond acceptors (Lipinski definition) is 5. The van der Waals surface area contributed by atoms with Crippen LogP contribution in [-0.4, -0.2) is 30.3 Å². The van der Waals surface area contributed by atoms with Gasteiger partial charge in [0.05, 0.1) is 23.1 Å². The van der Waals surface area contributed by atoms with Gasteiger partial charge in [-0.25, -0.2) is 9.69 Å². The molecule has 208 valence electrons. The first-order valence-electron chi connectivity index (χ1n) is 14.2. The Morgan fingerprint density at radius 3 is 1.69 bits per heavy atom. The van der Waals surface area contributed by atoms with Gasteiger partial charge in [-0.3, -0.25) is 14.4 Å². The molecule has 0 spiro atoms. The van der Waals surface area contributed by atoms with Gasteiger partial charge in [0.1, 0.15) is 0 Å². The molecule has 8 rings (SSSR count). The lowest BCUT2D eigenvalue weighted by Gasteiger charge is -2.45. The molecule has 4 aliphatic rings. The van der Waals surface area contributed by atoms with Crippen molar-refractivity contribution in [3.8, 4) is 0 Å². The second kappa shape index (κ2) is 10.1. The topological polar surface area (TPSA) is 92.8 Å². The van der Waals surface area contributed by atoms with E-state index in [1.807, 2.05) is 36.4 Å². The third-order valence-corrected chi connectivity index (χ3v) is 8.79. The van der Waals surface area contributed by atoms with Gasteiger partial charge >= 0.3 is 5.97 Å². The molecule has 0 aromatic heterocycles. The molecule has 1 saturated heterocycles. The zero-order valence-electron chi connectivity index (χ0n) is 22.9. The number of nitrogens with zero attached hydrogens (tertiary/aromatic N) is 1. The van der Waals surface area contributed by atoms with Gasteiger partial charge in [0.15, 0.2) is 6.61 Å². The van der Waals surface area contributed by atoms with Crippen LogP contribution in [-0.2, 0) is 25.5 Å². The third-order valence-electron chi connectivity index (χ3n) is 8.79. The van der Waals surface area contributed by atoms with E-state index >= 15 is 0 Å². The fourth-order valence-corrected chi connectivity index (χ4v) is 6.91. The molecule has 7 nitrogen and oxygen atoms in total. The summed E-state index contributed by atoms with van der Waals surface area (Å²) >= 11 is 0. The maximum atomic E-state index is 13.9. The molecule has 3 amide bonds. The van der Waals surface area contributed by atoms with Crippen molar-refractivity contribution in [3.05, 3.63) is 130 Å². The number of anilines is 2. The molecular weight excluding hydrogens is 528 g/mol. The summed E-state index contributed by atoms with van der Waals surface area (Å²) in [7, 11) is 0. The van der Waals surface area contributed by atoms with Crippen molar-refractivity contribution in [3.63, 3.8) is 0 Å². The van der Waals surface area contributed by atoms with Crippen molar-refractivity contribution >= 4 is 35.1 Å². The van der Waals surface area contributed by atoms with Gasteiger partial charge in [-0.1, -0.05) is 67.6 Å². The van der Waals surface area contributed by atoms with Crippen LogP contribution in [0.15, 0.2) is 97.1 Å². The Labute approximate surface area is 243 Å². The van der Waals surface area contributed by atoms with E-state index in [-0.39, 0.29) is 29.2 Å².